The molecular formula is C22H30N4O4. The summed E-state index contributed by atoms with van der Waals surface area (Å²) in [6, 6.07) is 5.26. The van der Waals surface area contributed by atoms with Crippen molar-refractivity contribution in [1.82, 2.24) is 19.8 Å². The molecule has 2 aromatic rings. The minimum Gasteiger partial charge on any atom is -0.378 e. The van der Waals surface area contributed by atoms with Crippen LogP contribution in [0.2, 0.25) is 0 Å². The normalized spacial score (nSPS) is 24.1. The van der Waals surface area contributed by atoms with Crippen LogP contribution < -0.4 is 16.3 Å². The number of ether oxygens (including phenoxy) is 1. The molecule has 2 N–H and O–H groups in total. The van der Waals surface area contributed by atoms with E-state index in [1.807, 2.05) is 19.2 Å². The molecule has 1 atom stereocenters. The fourth-order valence-corrected chi connectivity index (χ4v) is 4.70. The van der Waals surface area contributed by atoms with Crippen LogP contribution in [0.3, 0.4) is 0 Å². The molecule has 1 aliphatic heterocycles. The molecule has 2 heterocycles. The lowest BCUT2D eigenvalue weighted by Crippen LogP contribution is -2.44. The number of carbonyl (C=O) groups excluding carboxylic acids is 2. The van der Waals surface area contributed by atoms with Crippen molar-refractivity contribution in [2.75, 3.05) is 20.2 Å². The summed E-state index contributed by atoms with van der Waals surface area (Å²) in [6.07, 6.45) is 4.92. The Morgan fingerprint density at radius 1 is 1.23 bits per heavy atom. The van der Waals surface area contributed by atoms with Gasteiger partial charge in [0.05, 0.1) is 17.1 Å². The highest BCUT2D eigenvalue weighted by Gasteiger charge is 2.33. The SMILES string of the molecule is CNCCCOC1CC(Cc2cccc3c2n(C)c(=O)n3C2CCC(=O)NC2=O)C1. The molecule has 4 rings (SSSR count). The van der Waals surface area contributed by atoms with E-state index in [-0.39, 0.29) is 18.0 Å². The van der Waals surface area contributed by atoms with E-state index in [1.54, 1.807) is 16.2 Å². The van der Waals surface area contributed by atoms with Crippen molar-refractivity contribution < 1.29 is 14.3 Å². The summed E-state index contributed by atoms with van der Waals surface area (Å²) in [7, 11) is 3.70. The Kier molecular flexibility index (Phi) is 6.06. The average Bonchev–Trinajstić information content (AvgIpc) is 2.94. The van der Waals surface area contributed by atoms with E-state index in [0.717, 1.165) is 55.4 Å². The number of hydrogen-bond donors (Lipinski definition) is 2. The minimum atomic E-state index is -0.645. The van der Waals surface area contributed by atoms with Crippen molar-refractivity contribution >= 4 is 22.8 Å². The van der Waals surface area contributed by atoms with Crippen LogP contribution in [0.5, 0.6) is 0 Å². The van der Waals surface area contributed by atoms with E-state index >= 15 is 0 Å². The minimum absolute atomic E-state index is 0.216. The Bertz CT molecular complexity index is 1000. The Hall–Kier alpha value is -2.45. The lowest BCUT2D eigenvalue weighted by Gasteiger charge is -2.35. The van der Waals surface area contributed by atoms with E-state index < -0.39 is 11.9 Å². The van der Waals surface area contributed by atoms with Crippen LogP contribution in [-0.4, -0.2) is 47.3 Å². The maximum absolute atomic E-state index is 13.0. The molecule has 1 aromatic carbocycles. The van der Waals surface area contributed by atoms with Crippen molar-refractivity contribution in [2.45, 2.75) is 50.7 Å². The molecular weight excluding hydrogens is 384 g/mol. The number of fused-ring (bicyclic) bond motifs is 1. The largest absolute Gasteiger partial charge is 0.378 e. The first-order valence-electron chi connectivity index (χ1n) is 10.8. The van der Waals surface area contributed by atoms with Gasteiger partial charge >= 0.3 is 5.69 Å². The first-order valence-corrected chi connectivity index (χ1v) is 10.8. The van der Waals surface area contributed by atoms with Gasteiger partial charge in [-0.25, -0.2) is 4.79 Å². The summed E-state index contributed by atoms with van der Waals surface area (Å²) in [4.78, 5) is 36.9. The zero-order valence-electron chi connectivity index (χ0n) is 17.6. The molecule has 2 aliphatic rings. The van der Waals surface area contributed by atoms with E-state index in [2.05, 4.69) is 16.7 Å². The van der Waals surface area contributed by atoms with Crippen molar-refractivity contribution in [3.05, 3.63) is 34.2 Å². The van der Waals surface area contributed by atoms with E-state index in [1.165, 1.54) is 0 Å². The van der Waals surface area contributed by atoms with Crippen molar-refractivity contribution in [2.24, 2.45) is 13.0 Å². The number of benzene rings is 1. The number of aryl methyl sites for hydroxylation is 1. The zero-order valence-corrected chi connectivity index (χ0v) is 17.6. The van der Waals surface area contributed by atoms with Crippen LogP contribution in [0.1, 0.15) is 43.7 Å². The maximum Gasteiger partial charge on any atom is 0.329 e. The van der Waals surface area contributed by atoms with Gasteiger partial charge in [-0.1, -0.05) is 12.1 Å². The Balaban J connectivity index is 1.51. The van der Waals surface area contributed by atoms with Gasteiger partial charge in [0.2, 0.25) is 11.8 Å². The second-order valence-corrected chi connectivity index (χ2v) is 8.45. The van der Waals surface area contributed by atoms with Crippen LogP contribution in [0, 0.1) is 5.92 Å². The Labute approximate surface area is 175 Å². The second kappa shape index (κ2) is 8.73. The van der Waals surface area contributed by atoms with Gasteiger partial charge < -0.3 is 10.1 Å². The molecule has 8 heteroatoms. The highest BCUT2D eigenvalue weighted by molar-refractivity contribution is 6.00. The first-order chi connectivity index (χ1) is 14.5. The van der Waals surface area contributed by atoms with Crippen LogP contribution >= 0.6 is 0 Å². The Morgan fingerprint density at radius 3 is 2.77 bits per heavy atom. The van der Waals surface area contributed by atoms with Gasteiger partial charge in [0.15, 0.2) is 0 Å². The summed E-state index contributed by atoms with van der Waals surface area (Å²) in [5.74, 6) is -0.139. The molecule has 30 heavy (non-hydrogen) atoms. The molecule has 0 radical (unpaired) electrons. The number of nitrogens with zero attached hydrogens (tertiary/aromatic N) is 2. The number of piperidine rings is 1. The number of hydrogen-bond acceptors (Lipinski definition) is 5. The number of imidazole rings is 1. The number of aromatic nitrogens is 2. The summed E-state index contributed by atoms with van der Waals surface area (Å²) in [5, 5.41) is 5.48. The molecule has 2 amide bonds. The number of para-hydroxylation sites is 1. The summed E-state index contributed by atoms with van der Waals surface area (Å²) in [6.45, 7) is 1.76. The standard InChI is InChI=1S/C22H30N4O4/c1-23-9-4-10-30-16-12-14(13-16)11-15-5-3-6-17-20(15)25(2)22(29)26(17)18-7-8-19(27)24-21(18)28/h3,5-6,14,16,18,23H,4,7-13H2,1-2H3,(H,24,27,28). The fraction of sp³-hybridized carbons (Fsp3) is 0.591. The third-order valence-corrected chi connectivity index (χ3v) is 6.33. The van der Waals surface area contributed by atoms with Gasteiger partial charge in [0, 0.05) is 20.1 Å². The predicted molar refractivity (Wildman–Crippen MR) is 113 cm³/mol. The van der Waals surface area contributed by atoms with Crippen LogP contribution in [-0.2, 0) is 27.8 Å². The van der Waals surface area contributed by atoms with Crippen LogP contribution in [0.15, 0.2) is 23.0 Å². The second-order valence-electron chi connectivity index (χ2n) is 8.45. The monoisotopic (exact) mass is 414 g/mol. The Morgan fingerprint density at radius 2 is 2.03 bits per heavy atom. The molecule has 2 fully saturated rings. The molecule has 8 nitrogen and oxygen atoms in total. The highest BCUT2D eigenvalue weighted by Crippen LogP contribution is 2.35. The molecule has 0 spiro atoms. The summed E-state index contributed by atoms with van der Waals surface area (Å²) >= 11 is 0. The third-order valence-electron chi connectivity index (χ3n) is 6.33. The van der Waals surface area contributed by atoms with Crippen molar-refractivity contribution in [1.29, 1.82) is 0 Å². The molecule has 1 saturated carbocycles. The topological polar surface area (TPSA) is 94.4 Å². The lowest BCUT2D eigenvalue weighted by atomic mass is 9.78. The predicted octanol–water partition coefficient (Wildman–Crippen LogP) is 1.26. The highest BCUT2D eigenvalue weighted by atomic mass is 16.5. The summed E-state index contributed by atoms with van der Waals surface area (Å²) in [5.41, 5.74) is 2.54. The number of nitrogens with one attached hydrogen (secondary N) is 2. The maximum atomic E-state index is 13.0. The lowest BCUT2D eigenvalue weighted by molar-refractivity contribution is -0.135. The number of imide groups is 1. The zero-order chi connectivity index (χ0) is 21.3. The van der Waals surface area contributed by atoms with Gasteiger partial charge in [-0.2, -0.15) is 0 Å². The van der Waals surface area contributed by atoms with Gasteiger partial charge in [-0.05, 0) is 63.2 Å². The molecule has 1 aliphatic carbocycles. The van der Waals surface area contributed by atoms with Crippen molar-refractivity contribution in [3.8, 4) is 0 Å². The van der Waals surface area contributed by atoms with E-state index in [0.29, 0.717) is 18.4 Å². The molecule has 1 unspecified atom stereocenters. The first kappa shape index (κ1) is 20.8. The number of rotatable bonds is 8. The van der Waals surface area contributed by atoms with Gasteiger partial charge in [-0.3, -0.25) is 24.0 Å². The van der Waals surface area contributed by atoms with Gasteiger partial charge in [0.1, 0.15) is 6.04 Å². The van der Waals surface area contributed by atoms with Crippen LogP contribution in [0.25, 0.3) is 11.0 Å². The van der Waals surface area contributed by atoms with Crippen molar-refractivity contribution in [3.63, 3.8) is 0 Å². The number of amides is 2. The van der Waals surface area contributed by atoms with E-state index in [4.69, 9.17) is 4.74 Å². The average molecular weight is 415 g/mol. The van der Waals surface area contributed by atoms with Gasteiger partial charge in [0.25, 0.3) is 0 Å². The number of carbonyl (C=O) groups is 2. The van der Waals surface area contributed by atoms with Gasteiger partial charge in [-0.15, -0.1) is 0 Å². The molecule has 1 aromatic heterocycles. The smallest absolute Gasteiger partial charge is 0.329 e. The van der Waals surface area contributed by atoms with E-state index in [9.17, 15) is 14.4 Å². The molecule has 162 valence electrons. The fourth-order valence-electron chi connectivity index (χ4n) is 4.70. The van der Waals surface area contributed by atoms with Crippen LogP contribution in [0.4, 0.5) is 0 Å². The third kappa shape index (κ3) is 3.94. The molecule has 1 saturated heterocycles. The summed E-state index contributed by atoms with van der Waals surface area (Å²) < 4.78 is 9.10. The molecule has 0 bridgehead atoms. The quantitative estimate of drug-likeness (QED) is 0.501.